The lowest BCUT2D eigenvalue weighted by Crippen LogP contribution is -2.13. The number of aryl methyl sites for hydroxylation is 1. The quantitative estimate of drug-likeness (QED) is 0.471. The molecule has 10 heteroatoms. The Morgan fingerprint density at radius 1 is 1.55 bits per heavy atom. The highest BCUT2D eigenvalue weighted by atomic mass is 79.9. The van der Waals surface area contributed by atoms with Crippen molar-refractivity contribution in [2.24, 2.45) is 5.16 Å². The first kappa shape index (κ1) is 15.4. The SMILES string of the molecule is C/C(=N/O)c1csc(NS(=O)(=O)c2cc(Br)sc2C)n1. The average Bonchev–Trinajstić information content (AvgIpc) is 2.95. The summed E-state index contributed by atoms with van der Waals surface area (Å²) in [6.45, 7) is 3.31. The van der Waals surface area contributed by atoms with Crippen LogP contribution < -0.4 is 4.72 Å². The zero-order valence-electron chi connectivity index (χ0n) is 10.4. The van der Waals surface area contributed by atoms with Crippen LogP contribution in [-0.2, 0) is 10.0 Å². The van der Waals surface area contributed by atoms with Gasteiger partial charge in [0.15, 0.2) is 5.13 Å². The second-order valence-corrected chi connectivity index (χ2v) is 8.94. The Balaban J connectivity index is 2.29. The lowest BCUT2D eigenvalue weighted by molar-refractivity contribution is 0.319. The van der Waals surface area contributed by atoms with Crippen molar-refractivity contribution in [3.63, 3.8) is 0 Å². The van der Waals surface area contributed by atoms with Gasteiger partial charge in [-0.15, -0.1) is 22.7 Å². The molecule has 108 valence electrons. The van der Waals surface area contributed by atoms with Crippen molar-refractivity contribution >= 4 is 59.5 Å². The number of hydrogen-bond acceptors (Lipinski definition) is 7. The van der Waals surface area contributed by atoms with Crippen LogP contribution in [0.3, 0.4) is 0 Å². The fraction of sp³-hybridized carbons (Fsp3) is 0.200. The highest BCUT2D eigenvalue weighted by Crippen LogP contribution is 2.31. The minimum atomic E-state index is -3.67. The van der Waals surface area contributed by atoms with E-state index in [1.165, 1.54) is 11.3 Å². The van der Waals surface area contributed by atoms with E-state index in [2.05, 4.69) is 30.8 Å². The maximum absolute atomic E-state index is 12.2. The Labute approximate surface area is 132 Å². The van der Waals surface area contributed by atoms with Gasteiger partial charge in [-0.3, -0.25) is 4.72 Å². The molecule has 0 spiro atoms. The van der Waals surface area contributed by atoms with E-state index in [1.807, 2.05) is 0 Å². The number of nitrogens with one attached hydrogen (secondary N) is 1. The second-order valence-electron chi connectivity index (χ2n) is 3.80. The summed E-state index contributed by atoms with van der Waals surface area (Å²) in [6.07, 6.45) is 0. The van der Waals surface area contributed by atoms with Crippen LogP contribution in [0.4, 0.5) is 5.13 Å². The van der Waals surface area contributed by atoms with E-state index >= 15 is 0 Å². The third-order valence-corrected chi connectivity index (χ3v) is 6.41. The van der Waals surface area contributed by atoms with Crippen LogP contribution in [0.15, 0.2) is 25.3 Å². The Bertz CT molecular complexity index is 764. The zero-order valence-corrected chi connectivity index (χ0v) is 14.5. The van der Waals surface area contributed by atoms with Crippen LogP contribution in [0.5, 0.6) is 0 Å². The van der Waals surface area contributed by atoms with Gasteiger partial charge in [0.1, 0.15) is 16.3 Å². The van der Waals surface area contributed by atoms with Crippen molar-refractivity contribution in [3.05, 3.63) is 25.8 Å². The maximum Gasteiger partial charge on any atom is 0.264 e. The number of halogens is 1. The molecule has 0 fully saturated rings. The summed E-state index contributed by atoms with van der Waals surface area (Å²) in [6, 6.07) is 1.55. The van der Waals surface area contributed by atoms with Gasteiger partial charge in [0.25, 0.3) is 10.0 Å². The summed E-state index contributed by atoms with van der Waals surface area (Å²) in [5.74, 6) is 0. The fourth-order valence-corrected chi connectivity index (χ4v) is 5.83. The summed E-state index contributed by atoms with van der Waals surface area (Å²) in [7, 11) is -3.67. The van der Waals surface area contributed by atoms with E-state index < -0.39 is 10.0 Å². The lowest BCUT2D eigenvalue weighted by atomic mass is 10.3. The number of anilines is 1. The van der Waals surface area contributed by atoms with Crippen molar-refractivity contribution in [1.82, 2.24) is 4.98 Å². The molecule has 0 unspecified atom stereocenters. The van der Waals surface area contributed by atoms with Crippen LogP contribution in [0.2, 0.25) is 0 Å². The molecule has 0 atom stereocenters. The third-order valence-electron chi connectivity index (χ3n) is 2.38. The van der Waals surface area contributed by atoms with E-state index in [9.17, 15) is 8.42 Å². The number of thiophene rings is 1. The van der Waals surface area contributed by atoms with Crippen LogP contribution in [0.25, 0.3) is 0 Å². The van der Waals surface area contributed by atoms with Crippen LogP contribution in [0.1, 0.15) is 17.5 Å². The molecule has 0 aliphatic carbocycles. The molecule has 0 aromatic carbocycles. The van der Waals surface area contributed by atoms with Gasteiger partial charge in [-0.25, -0.2) is 13.4 Å². The van der Waals surface area contributed by atoms with E-state index in [1.54, 1.807) is 25.3 Å². The predicted octanol–water partition coefficient (Wildman–Crippen LogP) is 3.27. The highest BCUT2D eigenvalue weighted by Gasteiger charge is 2.21. The van der Waals surface area contributed by atoms with E-state index in [0.29, 0.717) is 16.3 Å². The van der Waals surface area contributed by atoms with Gasteiger partial charge in [0, 0.05) is 10.3 Å². The van der Waals surface area contributed by atoms with Crippen LogP contribution in [-0.4, -0.2) is 24.3 Å². The second kappa shape index (κ2) is 5.80. The van der Waals surface area contributed by atoms with Gasteiger partial charge in [-0.1, -0.05) is 5.16 Å². The monoisotopic (exact) mass is 395 g/mol. The molecule has 2 heterocycles. The average molecular weight is 396 g/mol. The number of nitrogens with zero attached hydrogens (tertiary/aromatic N) is 2. The summed E-state index contributed by atoms with van der Waals surface area (Å²) >= 11 is 5.74. The van der Waals surface area contributed by atoms with Gasteiger partial charge in [0.2, 0.25) is 0 Å². The van der Waals surface area contributed by atoms with E-state index in [0.717, 1.165) is 15.1 Å². The van der Waals surface area contributed by atoms with Crippen LogP contribution in [0, 0.1) is 6.92 Å². The number of hydrogen-bond donors (Lipinski definition) is 2. The molecule has 20 heavy (non-hydrogen) atoms. The largest absolute Gasteiger partial charge is 0.411 e. The van der Waals surface area contributed by atoms with Crippen molar-refractivity contribution in [2.45, 2.75) is 18.7 Å². The van der Waals surface area contributed by atoms with Gasteiger partial charge >= 0.3 is 0 Å². The number of thiazole rings is 1. The molecule has 0 bridgehead atoms. The van der Waals surface area contributed by atoms with Crippen molar-refractivity contribution in [2.75, 3.05) is 4.72 Å². The van der Waals surface area contributed by atoms with Gasteiger partial charge in [-0.05, 0) is 35.8 Å². The van der Waals surface area contributed by atoms with Crippen LogP contribution >= 0.6 is 38.6 Å². The molecule has 2 aromatic rings. The Morgan fingerprint density at radius 3 is 2.80 bits per heavy atom. The predicted molar refractivity (Wildman–Crippen MR) is 83.7 cm³/mol. The number of sulfonamides is 1. The molecule has 0 aliphatic rings. The topological polar surface area (TPSA) is 91.7 Å². The summed E-state index contributed by atoms with van der Waals surface area (Å²) in [5.41, 5.74) is 0.750. The first-order valence-corrected chi connectivity index (χ1v) is 9.24. The summed E-state index contributed by atoms with van der Waals surface area (Å²) in [5, 5.41) is 13.5. The number of aromatic nitrogens is 1. The van der Waals surface area contributed by atoms with Gasteiger partial charge in [0.05, 0.1) is 3.79 Å². The first-order valence-electron chi connectivity index (χ1n) is 5.27. The molecule has 0 amide bonds. The molecule has 0 aliphatic heterocycles. The van der Waals surface area contributed by atoms with Gasteiger partial charge in [-0.2, -0.15) is 0 Å². The van der Waals surface area contributed by atoms with Crippen molar-refractivity contribution in [3.8, 4) is 0 Å². The highest BCUT2D eigenvalue weighted by molar-refractivity contribution is 9.11. The zero-order chi connectivity index (χ0) is 14.9. The molecule has 2 rings (SSSR count). The van der Waals surface area contributed by atoms with Crippen molar-refractivity contribution in [1.29, 1.82) is 0 Å². The molecular formula is C10H10BrN3O3S3. The number of oxime groups is 1. The molecule has 2 N–H and O–H groups in total. The molecule has 0 saturated carbocycles. The molecule has 2 aromatic heterocycles. The minimum Gasteiger partial charge on any atom is -0.411 e. The van der Waals surface area contributed by atoms with Gasteiger partial charge < -0.3 is 5.21 Å². The Kier molecular flexibility index (Phi) is 4.47. The summed E-state index contributed by atoms with van der Waals surface area (Å²) in [4.78, 5) is 4.97. The normalized spacial score (nSPS) is 12.7. The molecule has 0 radical (unpaired) electrons. The van der Waals surface area contributed by atoms with E-state index in [4.69, 9.17) is 5.21 Å². The van der Waals surface area contributed by atoms with E-state index in [-0.39, 0.29) is 10.0 Å². The van der Waals surface area contributed by atoms with Crippen molar-refractivity contribution < 1.29 is 13.6 Å². The lowest BCUT2D eigenvalue weighted by Gasteiger charge is -2.03. The smallest absolute Gasteiger partial charge is 0.264 e. The first-order chi connectivity index (χ1) is 9.33. The minimum absolute atomic E-state index is 0.221. The molecule has 6 nitrogen and oxygen atoms in total. The standard InChI is InChI=1S/C10H10BrN3O3S3/c1-5(13-15)7-4-18-10(12-7)14-20(16,17)8-3-9(11)19-6(8)2/h3-4,15H,1-2H3,(H,12,14)/b13-5-. The third kappa shape index (κ3) is 3.19. The Morgan fingerprint density at radius 2 is 2.25 bits per heavy atom. The molecular weight excluding hydrogens is 386 g/mol. The maximum atomic E-state index is 12.2. The summed E-state index contributed by atoms with van der Waals surface area (Å²) < 4.78 is 27.7. The molecule has 0 saturated heterocycles. The number of rotatable bonds is 4. The Hall–Kier alpha value is -0.970. The fourth-order valence-electron chi connectivity index (χ4n) is 1.41.